The largest absolute Gasteiger partial charge is 0.491 e. The molecule has 2 aromatic carbocycles. The van der Waals surface area contributed by atoms with E-state index in [2.05, 4.69) is 25.2 Å². The van der Waals surface area contributed by atoms with E-state index in [9.17, 15) is 4.79 Å². The molecule has 0 heterocycles. The molecular formula is C20H25NO2S. The van der Waals surface area contributed by atoms with Crippen molar-refractivity contribution in [3.05, 3.63) is 60.2 Å². The molecule has 4 heteroatoms. The highest BCUT2D eigenvalue weighted by molar-refractivity contribution is 8.00. The second-order valence-electron chi connectivity index (χ2n) is 5.91. The molecule has 2 aromatic rings. The van der Waals surface area contributed by atoms with Gasteiger partial charge in [0.2, 0.25) is 5.91 Å². The Morgan fingerprint density at radius 2 is 1.71 bits per heavy atom. The van der Waals surface area contributed by atoms with Crippen LogP contribution in [0, 0.1) is 0 Å². The van der Waals surface area contributed by atoms with Crippen LogP contribution in [-0.2, 0) is 4.79 Å². The number of benzene rings is 2. The summed E-state index contributed by atoms with van der Waals surface area (Å²) in [7, 11) is 0. The highest BCUT2D eigenvalue weighted by Gasteiger charge is 2.13. The Morgan fingerprint density at radius 1 is 1.04 bits per heavy atom. The van der Waals surface area contributed by atoms with Gasteiger partial charge in [0.25, 0.3) is 0 Å². The van der Waals surface area contributed by atoms with Crippen molar-refractivity contribution in [1.82, 2.24) is 5.32 Å². The molecule has 0 radical (unpaired) electrons. The molecule has 0 unspecified atom stereocenters. The van der Waals surface area contributed by atoms with Crippen LogP contribution in [-0.4, -0.2) is 24.3 Å². The van der Waals surface area contributed by atoms with Gasteiger partial charge in [-0.05, 0) is 36.6 Å². The second kappa shape index (κ2) is 9.38. The number of ether oxygens (including phenoxy) is 1. The fourth-order valence-electron chi connectivity index (χ4n) is 2.32. The zero-order valence-corrected chi connectivity index (χ0v) is 15.3. The Hall–Kier alpha value is -1.94. The van der Waals surface area contributed by atoms with Crippen LogP contribution in [0.25, 0.3) is 0 Å². The normalized spacial score (nSPS) is 12.0. The lowest BCUT2D eigenvalue weighted by Crippen LogP contribution is -2.34. The molecule has 0 fully saturated rings. The molecule has 0 aliphatic heterocycles. The van der Waals surface area contributed by atoms with E-state index < -0.39 is 0 Å². The number of para-hydroxylation sites is 1. The van der Waals surface area contributed by atoms with Crippen molar-refractivity contribution in [3.8, 4) is 5.75 Å². The van der Waals surface area contributed by atoms with Gasteiger partial charge in [-0.3, -0.25) is 4.79 Å². The first-order chi connectivity index (χ1) is 11.6. The molecule has 1 amide bonds. The molecule has 0 saturated carbocycles. The van der Waals surface area contributed by atoms with Crippen molar-refractivity contribution >= 4 is 17.7 Å². The minimum atomic E-state index is -0.129. The van der Waals surface area contributed by atoms with Gasteiger partial charge in [-0.25, -0.2) is 0 Å². The summed E-state index contributed by atoms with van der Waals surface area (Å²) in [6, 6.07) is 18.0. The summed E-state index contributed by atoms with van der Waals surface area (Å²) in [6.45, 7) is 7.18. The summed E-state index contributed by atoms with van der Waals surface area (Å²) in [5.41, 5.74) is 1.19. The predicted octanol–water partition coefficient (Wildman–Crippen LogP) is 4.49. The van der Waals surface area contributed by atoms with Gasteiger partial charge in [-0.1, -0.05) is 50.2 Å². The van der Waals surface area contributed by atoms with Gasteiger partial charge < -0.3 is 10.1 Å². The Kier molecular flexibility index (Phi) is 7.19. The van der Waals surface area contributed by atoms with Gasteiger partial charge in [-0.15, -0.1) is 11.8 Å². The Labute approximate surface area is 148 Å². The Morgan fingerprint density at radius 3 is 2.42 bits per heavy atom. The first-order valence-electron chi connectivity index (χ1n) is 8.29. The maximum atomic E-state index is 12.1. The molecule has 3 nitrogen and oxygen atoms in total. The third kappa shape index (κ3) is 5.60. The number of nitrogens with one attached hydrogen (secondary N) is 1. The van der Waals surface area contributed by atoms with E-state index in [0.717, 1.165) is 10.6 Å². The third-order valence-corrected chi connectivity index (χ3v) is 4.74. The number of hydrogen-bond donors (Lipinski definition) is 1. The van der Waals surface area contributed by atoms with Crippen molar-refractivity contribution < 1.29 is 9.53 Å². The summed E-state index contributed by atoms with van der Waals surface area (Å²) < 4.78 is 5.83. The molecule has 24 heavy (non-hydrogen) atoms. The van der Waals surface area contributed by atoms with Crippen LogP contribution < -0.4 is 10.1 Å². The number of carbonyl (C=O) groups is 1. The summed E-state index contributed by atoms with van der Waals surface area (Å²) >= 11 is 1.56. The number of amides is 1. The molecule has 1 atom stereocenters. The third-order valence-electron chi connectivity index (χ3n) is 3.63. The average Bonchev–Trinajstić information content (AvgIpc) is 2.59. The van der Waals surface area contributed by atoms with Gasteiger partial charge in [0.1, 0.15) is 12.4 Å². The highest BCUT2D eigenvalue weighted by Crippen LogP contribution is 2.25. The van der Waals surface area contributed by atoms with Gasteiger partial charge in [0.05, 0.1) is 11.8 Å². The standard InChI is InChI=1S/C20H25NO2S/c1-15(2)18-11-7-8-12-19(18)23-14-13-21-20(22)16(3)24-17-9-5-4-6-10-17/h4-12,15-16H,13-14H2,1-3H3,(H,21,22)/t16-/m0/s1. The molecule has 0 aliphatic rings. The van der Waals surface area contributed by atoms with E-state index in [1.807, 2.05) is 55.5 Å². The quantitative estimate of drug-likeness (QED) is 0.567. The molecule has 128 valence electrons. The molecule has 0 aromatic heterocycles. The average molecular weight is 343 g/mol. The molecule has 1 N–H and O–H groups in total. The molecule has 0 saturated heterocycles. The van der Waals surface area contributed by atoms with E-state index in [1.165, 1.54) is 5.56 Å². The SMILES string of the molecule is CC(C)c1ccccc1OCCNC(=O)[C@H](C)Sc1ccccc1. The Bertz CT molecular complexity index is 643. The van der Waals surface area contributed by atoms with E-state index in [-0.39, 0.29) is 11.2 Å². The van der Waals surface area contributed by atoms with E-state index in [0.29, 0.717) is 19.1 Å². The van der Waals surface area contributed by atoms with Crippen LogP contribution in [0.3, 0.4) is 0 Å². The van der Waals surface area contributed by atoms with Crippen molar-refractivity contribution in [1.29, 1.82) is 0 Å². The number of carbonyl (C=O) groups excluding carboxylic acids is 1. The predicted molar refractivity (Wildman–Crippen MR) is 101 cm³/mol. The van der Waals surface area contributed by atoms with Crippen molar-refractivity contribution in [2.75, 3.05) is 13.2 Å². The first kappa shape index (κ1) is 18.4. The summed E-state index contributed by atoms with van der Waals surface area (Å²) in [5.74, 6) is 1.34. The lowest BCUT2D eigenvalue weighted by molar-refractivity contribution is -0.120. The smallest absolute Gasteiger partial charge is 0.233 e. The maximum absolute atomic E-state index is 12.1. The van der Waals surface area contributed by atoms with Crippen molar-refractivity contribution in [3.63, 3.8) is 0 Å². The van der Waals surface area contributed by atoms with Gasteiger partial charge in [-0.2, -0.15) is 0 Å². The van der Waals surface area contributed by atoms with Crippen LogP contribution in [0.2, 0.25) is 0 Å². The van der Waals surface area contributed by atoms with E-state index in [4.69, 9.17) is 4.74 Å². The minimum absolute atomic E-state index is 0.0320. The van der Waals surface area contributed by atoms with Crippen LogP contribution >= 0.6 is 11.8 Å². The summed E-state index contributed by atoms with van der Waals surface area (Å²) in [6.07, 6.45) is 0. The van der Waals surface area contributed by atoms with Crippen molar-refractivity contribution in [2.45, 2.75) is 36.8 Å². The van der Waals surface area contributed by atoms with E-state index >= 15 is 0 Å². The number of thioether (sulfide) groups is 1. The summed E-state index contributed by atoms with van der Waals surface area (Å²) in [4.78, 5) is 13.2. The monoisotopic (exact) mass is 343 g/mol. The van der Waals surface area contributed by atoms with Crippen LogP contribution in [0.1, 0.15) is 32.3 Å². The first-order valence-corrected chi connectivity index (χ1v) is 9.17. The van der Waals surface area contributed by atoms with Gasteiger partial charge in [0.15, 0.2) is 0 Å². The molecule has 0 spiro atoms. The molecular weight excluding hydrogens is 318 g/mol. The van der Waals surface area contributed by atoms with Crippen LogP contribution in [0.5, 0.6) is 5.75 Å². The highest BCUT2D eigenvalue weighted by atomic mass is 32.2. The molecule has 0 aliphatic carbocycles. The minimum Gasteiger partial charge on any atom is -0.491 e. The second-order valence-corrected chi connectivity index (χ2v) is 7.32. The van der Waals surface area contributed by atoms with Gasteiger partial charge in [0, 0.05) is 4.90 Å². The fourth-order valence-corrected chi connectivity index (χ4v) is 3.24. The lowest BCUT2D eigenvalue weighted by atomic mass is 10.0. The van der Waals surface area contributed by atoms with Crippen molar-refractivity contribution in [2.24, 2.45) is 0 Å². The topological polar surface area (TPSA) is 38.3 Å². The van der Waals surface area contributed by atoms with Crippen LogP contribution in [0.4, 0.5) is 0 Å². The Balaban J connectivity index is 1.75. The molecule has 2 rings (SSSR count). The molecule has 0 bridgehead atoms. The van der Waals surface area contributed by atoms with Gasteiger partial charge >= 0.3 is 0 Å². The lowest BCUT2D eigenvalue weighted by Gasteiger charge is -2.15. The fraction of sp³-hybridized carbons (Fsp3) is 0.350. The zero-order valence-electron chi connectivity index (χ0n) is 14.5. The summed E-state index contributed by atoms with van der Waals surface area (Å²) in [5, 5.41) is 2.81. The zero-order chi connectivity index (χ0) is 17.4. The van der Waals surface area contributed by atoms with E-state index in [1.54, 1.807) is 11.8 Å². The number of rotatable bonds is 8. The maximum Gasteiger partial charge on any atom is 0.233 e. The number of hydrogen-bond acceptors (Lipinski definition) is 3. The van der Waals surface area contributed by atoms with Crippen LogP contribution in [0.15, 0.2) is 59.5 Å².